The second-order valence-corrected chi connectivity index (χ2v) is 7.47. The predicted molar refractivity (Wildman–Crippen MR) is 112 cm³/mol. The minimum absolute atomic E-state index is 0.0813. The van der Waals surface area contributed by atoms with Gasteiger partial charge in [-0.15, -0.1) is 11.3 Å². The minimum Gasteiger partial charge on any atom is -0.351 e. The molecule has 2 aromatic carbocycles. The summed E-state index contributed by atoms with van der Waals surface area (Å²) in [6.45, 7) is 2.13. The van der Waals surface area contributed by atoms with Crippen LogP contribution in [0.2, 0.25) is 0 Å². The van der Waals surface area contributed by atoms with E-state index in [-0.39, 0.29) is 23.6 Å². The topological polar surface area (TPSA) is 101 Å². The van der Waals surface area contributed by atoms with Gasteiger partial charge in [-0.05, 0) is 42.1 Å². The van der Waals surface area contributed by atoms with Crippen molar-refractivity contribution >= 4 is 34.5 Å². The molecular weight excluding hydrogens is 390 g/mol. The molecule has 7 nitrogen and oxygen atoms in total. The van der Waals surface area contributed by atoms with Gasteiger partial charge in [-0.3, -0.25) is 19.7 Å². The van der Waals surface area contributed by atoms with Gasteiger partial charge >= 0.3 is 0 Å². The van der Waals surface area contributed by atoms with Gasteiger partial charge in [0.05, 0.1) is 17.9 Å². The summed E-state index contributed by atoms with van der Waals surface area (Å²) in [5.41, 5.74) is 1.97. The van der Waals surface area contributed by atoms with Crippen LogP contribution in [0.4, 0.5) is 11.4 Å². The molecule has 0 aliphatic heterocycles. The summed E-state index contributed by atoms with van der Waals surface area (Å²) in [5.74, 6) is -0.517. The lowest BCUT2D eigenvalue weighted by molar-refractivity contribution is -0.385. The van der Waals surface area contributed by atoms with E-state index in [1.807, 2.05) is 17.5 Å². The number of rotatable bonds is 7. The van der Waals surface area contributed by atoms with Crippen molar-refractivity contribution in [2.45, 2.75) is 19.9 Å². The zero-order chi connectivity index (χ0) is 20.8. The second kappa shape index (κ2) is 9.11. The van der Waals surface area contributed by atoms with Gasteiger partial charge in [-0.25, -0.2) is 0 Å². The Bertz CT molecular complexity index is 1030. The number of nitrogens with one attached hydrogen (secondary N) is 2. The average Bonchev–Trinajstić information content (AvgIpc) is 3.21. The standard InChI is InChI=1S/C21H19N3O4S/c1-14-4-7-16(12-19(14)24(27)28)21(26)23-17-8-5-15(6-9-17)11-20(25)22-13-18-3-2-10-29-18/h2-10,12H,11,13H2,1H3,(H,22,25)(H,23,26). The van der Waals surface area contributed by atoms with Crippen LogP contribution in [0.15, 0.2) is 60.0 Å². The van der Waals surface area contributed by atoms with E-state index < -0.39 is 10.8 Å². The molecule has 0 bridgehead atoms. The third-order valence-corrected chi connectivity index (χ3v) is 5.16. The molecule has 3 rings (SSSR count). The van der Waals surface area contributed by atoms with E-state index in [9.17, 15) is 19.7 Å². The number of benzene rings is 2. The van der Waals surface area contributed by atoms with Crippen LogP contribution in [-0.4, -0.2) is 16.7 Å². The van der Waals surface area contributed by atoms with Crippen molar-refractivity contribution in [3.63, 3.8) is 0 Å². The number of thiophene rings is 1. The smallest absolute Gasteiger partial charge is 0.273 e. The Labute approximate surface area is 171 Å². The maximum atomic E-state index is 12.4. The van der Waals surface area contributed by atoms with Crippen molar-refractivity contribution in [1.82, 2.24) is 5.32 Å². The number of aryl methyl sites for hydroxylation is 1. The summed E-state index contributed by atoms with van der Waals surface area (Å²) in [6.07, 6.45) is 0.240. The van der Waals surface area contributed by atoms with Crippen molar-refractivity contribution in [2.75, 3.05) is 5.32 Å². The summed E-state index contributed by atoms with van der Waals surface area (Å²) >= 11 is 1.59. The first-order chi connectivity index (χ1) is 13.9. The van der Waals surface area contributed by atoms with E-state index in [1.54, 1.807) is 54.7 Å². The van der Waals surface area contributed by atoms with Crippen molar-refractivity contribution < 1.29 is 14.5 Å². The summed E-state index contributed by atoms with van der Waals surface area (Å²) < 4.78 is 0. The Hall–Kier alpha value is -3.52. The number of carbonyl (C=O) groups excluding carboxylic acids is 2. The molecule has 1 aromatic heterocycles. The number of hydrogen-bond acceptors (Lipinski definition) is 5. The van der Waals surface area contributed by atoms with Crippen LogP contribution in [0.25, 0.3) is 0 Å². The number of carbonyl (C=O) groups is 2. The highest BCUT2D eigenvalue weighted by Gasteiger charge is 2.15. The van der Waals surface area contributed by atoms with Crippen LogP contribution < -0.4 is 10.6 Å². The summed E-state index contributed by atoms with van der Waals surface area (Å²) in [6, 6.07) is 15.2. The number of nitro groups is 1. The Morgan fingerprint density at radius 2 is 1.86 bits per heavy atom. The molecule has 2 amide bonds. The Kier molecular flexibility index (Phi) is 6.36. The van der Waals surface area contributed by atoms with Crippen LogP contribution in [0, 0.1) is 17.0 Å². The molecule has 0 aliphatic rings. The Morgan fingerprint density at radius 1 is 1.10 bits per heavy atom. The SMILES string of the molecule is Cc1ccc(C(=O)Nc2ccc(CC(=O)NCc3cccs3)cc2)cc1[N+](=O)[O-]. The first kappa shape index (κ1) is 20.2. The number of amides is 2. The molecule has 0 spiro atoms. The van der Waals surface area contributed by atoms with Crippen molar-refractivity contribution in [3.8, 4) is 0 Å². The van der Waals surface area contributed by atoms with E-state index in [0.717, 1.165) is 10.4 Å². The third kappa shape index (κ3) is 5.49. The number of nitro benzene ring substituents is 1. The van der Waals surface area contributed by atoms with Crippen molar-refractivity contribution in [2.24, 2.45) is 0 Å². The summed E-state index contributed by atoms with van der Waals surface area (Å²) in [7, 11) is 0. The lowest BCUT2D eigenvalue weighted by Gasteiger charge is -2.08. The van der Waals surface area contributed by atoms with E-state index in [0.29, 0.717) is 17.8 Å². The van der Waals surface area contributed by atoms with Gasteiger partial charge in [-0.1, -0.05) is 24.3 Å². The predicted octanol–water partition coefficient (Wildman–Crippen LogP) is 4.08. The molecule has 2 N–H and O–H groups in total. The van der Waals surface area contributed by atoms with E-state index >= 15 is 0 Å². The molecule has 1 heterocycles. The second-order valence-electron chi connectivity index (χ2n) is 6.44. The fraction of sp³-hybridized carbons (Fsp3) is 0.143. The molecule has 29 heavy (non-hydrogen) atoms. The van der Waals surface area contributed by atoms with E-state index in [2.05, 4.69) is 10.6 Å². The zero-order valence-corrected chi connectivity index (χ0v) is 16.5. The van der Waals surface area contributed by atoms with Gasteiger partial charge < -0.3 is 10.6 Å². The van der Waals surface area contributed by atoms with Crippen LogP contribution >= 0.6 is 11.3 Å². The Balaban J connectivity index is 1.57. The number of hydrogen-bond donors (Lipinski definition) is 2. The van der Waals surface area contributed by atoms with Crippen molar-refractivity contribution in [3.05, 3.63) is 91.7 Å². The summed E-state index contributed by atoms with van der Waals surface area (Å²) in [5, 5.41) is 18.6. The largest absolute Gasteiger partial charge is 0.351 e. The molecule has 0 saturated carbocycles. The molecule has 0 aliphatic carbocycles. The molecule has 0 radical (unpaired) electrons. The normalized spacial score (nSPS) is 10.4. The maximum absolute atomic E-state index is 12.4. The molecule has 8 heteroatoms. The van der Waals surface area contributed by atoms with Gasteiger partial charge in [0.2, 0.25) is 5.91 Å². The average molecular weight is 409 g/mol. The van der Waals surface area contributed by atoms with Crippen LogP contribution in [-0.2, 0) is 17.8 Å². The molecule has 0 unspecified atom stereocenters. The fourth-order valence-electron chi connectivity index (χ4n) is 2.70. The Morgan fingerprint density at radius 3 is 2.52 bits per heavy atom. The van der Waals surface area contributed by atoms with Gasteiger partial charge in [0.1, 0.15) is 0 Å². The van der Waals surface area contributed by atoms with Gasteiger partial charge in [0.25, 0.3) is 11.6 Å². The minimum atomic E-state index is -0.510. The molecule has 3 aromatic rings. The zero-order valence-electron chi connectivity index (χ0n) is 15.7. The number of nitrogens with zero attached hydrogens (tertiary/aromatic N) is 1. The highest BCUT2D eigenvalue weighted by Crippen LogP contribution is 2.20. The first-order valence-corrected chi connectivity index (χ1v) is 9.75. The number of anilines is 1. The van der Waals surface area contributed by atoms with Gasteiger partial charge in [0, 0.05) is 27.8 Å². The third-order valence-electron chi connectivity index (χ3n) is 4.28. The molecule has 0 saturated heterocycles. The van der Waals surface area contributed by atoms with E-state index in [4.69, 9.17) is 0 Å². The van der Waals surface area contributed by atoms with Crippen molar-refractivity contribution in [1.29, 1.82) is 0 Å². The fourth-order valence-corrected chi connectivity index (χ4v) is 3.35. The highest BCUT2D eigenvalue weighted by molar-refractivity contribution is 7.09. The van der Waals surface area contributed by atoms with Gasteiger partial charge in [-0.2, -0.15) is 0 Å². The van der Waals surface area contributed by atoms with Crippen LogP contribution in [0.1, 0.15) is 26.4 Å². The van der Waals surface area contributed by atoms with E-state index in [1.165, 1.54) is 6.07 Å². The van der Waals surface area contributed by atoms with Gasteiger partial charge in [0.15, 0.2) is 0 Å². The lowest BCUT2D eigenvalue weighted by Crippen LogP contribution is -2.24. The molecule has 0 fully saturated rings. The maximum Gasteiger partial charge on any atom is 0.273 e. The first-order valence-electron chi connectivity index (χ1n) is 8.87. The molecular formula is C21H19N3O4S. The molecule has 0 atom stereocenters. The summed E-state index contributed by atoms with van der Waals surface area (Å²) in [4.78, 5) is 36.0. The monoisotopic (exact) mass is 409 g/mol. The lowest BCUT2D eigenvalue weighted by atomic mass is 10.1. The van der Waals surface area contributed by atoms with Crippen LogP contribution in [0.3, 0.4) is 0 Å². The molecule has 148 valence electrons. The quantitative estimate of drug-likeness (QED) is 0.453. The highest BCUT2D eigenvalue weighted by atomic mass is 32.1. The van der Waals surface area contributed by atoms with Crippen LogP contribution in [0.5, 0.6) is 0 Å².